The Balaban J connectivity index is 4.02. The van der Waals surface area contributed by atoms with Crippen molar-refractivity contribution in [2.75, 3.05) is 6.61 Å². The fraction of sp³-hybridized carbons (Fsp3) is 0.400. The molecule has 0 bridgehead atoms. The highest BCUT2D eigenvalue weighted by Gasteiger charge is 2.15. The van der Waals surface area contributed by atoms with Crippen LogP contribution in [0.25, 0.3) is 0 Å². The monoisotopic (exact) mass is 246 g/mol. The molecule has 0 aliphatic rings. The highest BCUT2D eigenvalue weighted by atomic mass is 16.5. The summed E-state index contributed by atoms with van der Waals surface area (Å²) in [7, 11) is 0. The first kappa shape index (κ1) is 15.9. The topological polar surface area (TPSA) is 35.5 Å². The normalized spacial score (nSPS) is 10.8. The van der Waals surface area contributed by atoms with Crippen LogP contribution in [0.5, 0.6) is 0 Å². The minimum Gasteiger partial charge on any atom is -0.449 e. The summed E-state index contributed by atoms with van der Waals surface area (Å²) in [6.07, 6.45) is 14.8. The third-order valence-corrected chi connectivity index (χ3v) is 1.82. The fourth-order valence-electron chi connectivity index (χ4n) is 0.956. The van der Waals surface area contributed by atoms with Crippen LogP contribution in [0.15, 0.2) is 24.3 Å². The molecule has 0 aromatic heterocycles. The predicted molar refractivity (Wildman–Crippen MR) is 71.3 cm³/mol. The van der Waals surface area contributed by atoms with E-state index in [1.807, 2.05) is 19.9 Å². The summed E-state index contributed by atoms with van der Waals surface area (Å²) in [6, 6.07) is 0. The van der Waals surface area contributed by atoms with Crippen LogP contribution in [0.2, 0.25) is 0 Å². The first-order valence-electron chi connectivity index (χ1n) is 5.55. The maximum absolute atomic E-state index is 11.0. The third-order valence-electron chi connectivity index (χ3n) is 1.82. The van der Waals surface area contributed by atoms with Gasteiger partial charge in [0.15, 0.2) is 6.61 Å². The van der Waals surface area contributed by atoms with E-state index in [4.69, 9.17) is 11.2 Å². The molecule has 0 aromatic rings. The van der Waals surface area contributed by atoms with Gasteiger partial charge in [0.2, 0.25) is 0 Å². The molecule has 3 heteroatoms. The van der Waals surface area contributed by atoms with Crippen molar-refractivity contribution in [3.05, 3.63) is 24.3 Å². The van der Waals surface area contributed by atoms with Gasteiger partial charge < -0.3 is 9.47 Å². The molecule has 0 amide bonds. The predicted octanol–water partition coefficient (Wildman–Crippen LogP) is 2.44. The van der Waals surface area contributed by atoms with Gasteiger partial charge in [0.25, 0.3) is 0 Å². The molecule has 3 nitrogen and oxygen atoms in total. The summed E-state index contributed by atoms with van der Waals surface area (Å²) < 4.78 is 9.96. The van der Waals surface area contributed by atoms with E-state index < -0.39 is 5.97 Å². The Hall–Kier alpha value is -2.13. The van der Waals surface area contributed by atoms with Crippen molar-refractivity contribution in [3.8, 4) is 24.4 Å². The maximum Gasteiger partial charge on any atom is 0.331 e. The summed E-state index contributed by atoms with van der Waals surface area (Å²) in [5, 5.41) is 0. The zero-order chi connectivity index (χ0) is 13.9. The lowest BCUT2D eigenvalue weighted by Gasteiger charge is -2.19. The van der Waals surface area contributed by atoms with Gasteiger partial charge in [0.1, 0.15) is 11.7 Å². The highest BCUT2D eigenvalue weighted by Crippen LogP contribution is 2.14. The van der Waals surface area contributed by atoms with Gasteiger partial charge in [0.05, 0.1) is 0 Å². The van der Waals surface area contributed by atoms with Gasteiger partial charge in [0, 0.05) is 19.4 Å². The van der Waals surface area contributed by atoms with Crippen LogP contribution in [0.4, 0.5) is 0 Å². The van der Waals surface area contributed by atoms with Gasteiger partial charge in [-0.05, 0) is 13.8 Å². The van der Waals surface area contributed by atoms with Crippen molar-refractivity contribution in [2.45, 2.75) is 32.8 Å². The number of carbonyl (C=O) groups excluding carboxylic acids is 1. The molecule has 96 valence electrons. The SMILES string of the molecule is C#CCOC(=O)/C=C/C=C/CC(C)(C)OC#CC. The second-order valence-corrected chi connectivity index (χ2v) is 4.02. The van der Waals surface area contributed by atoms with E-state index >= 15 is 0 Å². The summed E-state index contributed by atoms with van der Waals surface area (Å²) in [6.45, 7) is 5.58. The van der Waals surface area contributed by atoms with E-state index in [1.165, 1.54) is 6.08 Å². The standard InChI is InChI=1S/C15H18O3/c1-5-12-17-14(16)10-8-7-9-11-15(3,4)18-13-6-2/h1,7-10H,11-12H2,2-4H3/b9-7+,10-8+. The van der Waals surface area contributed by atoms with Crippen molar-refractivity contribution in [1.82, 2.24) is 0 Å². The Morgan fingerprint density at radius 1 is 1.39 bits per heavy atom. The minimum absolute atomic E-state index is 0.0105. The van der Waals surface area contributed by atoms with Gasteiger partial charge in [-0.1, -0.05) is 30.1 Å². The van der Waals surface area contributed by atoms with Crippen molar-refractivity contribution < 1.29 is 14.3 Å². The largest absolute Gasteiger partial charge is 0.449 e. The van der Waals surface area contributed by atoms with Crippen molar-refractivity contribution >= 4 is 5.97 Å². The third kappa shape index (κ3) is 9.12. The van der Waals surface area contributed by atoms with Crippen molar-refractivity contribution in [1.29, 1.82) is 0 Å². The van der Waals surface area contributed by atoms with Gasteiger partial charge in [-0.15, -0.1) is 6.42 Å². The first-order valence-corrected chi connectivity index (χ1v) is 5.55. The van der Waals surface area contributed by atoms with E-state index in [2.05, 4.69) is 22.7 Å². The Morgan fingerprint density at radius 3 is 2.72 bits per heavy atom. The molecule has 0 heterocycles. The van der Waals surface area contributed by atoms with Crippen LogP contribution in [0.3, 0.4) is 0 Å². The summed E-state index contributed by atoms with van der Waals surface area (Å²) in [4.78, 5) is 11.0. The highest BCUT2D eigenvalue weighted by molar-refractivity contribution is 5.82. The van der Waals surface area contributed by atoms with Gasteiger partial charge >= 0.3 is 5.97 Å². The smallest absolute Gasteiger partial charge is 0.331 e. The molecule has 0 radical (unpaired) electrons. The molecule has 0 saturated heterocycles. The average Bonchev–Trinajstić information content (AvgIpc) is 2.33. The minimum atomic E-state index is -0.454. The van der Waals surface area contributed by atoms with E-state index in [-0.39, 0.29) is 12.2 Å². The number of ether oxygens (including phenoxy) is 2. The zero-order valence-electron chi connectivity index (χ0n) is 11.0. The molecule has 0 rings (SSSR count). The second-order valence-electron chi connectivity index (χ2n) is 4.02. The van der Waals surface area contributed by atoms with Gasteiger partial charge in [-0.2, -0.15) is 0 Å². The molecule has 18 heavy (non-hydrogen) atoms. The van der Waals surface area contributed by atoms with E-state index in [0.717, 1.165) is 0 Å². The molecule has 0 saturated carbocycles. The van der Waals surface area contributed by atoms with E-state index in [9.17, 15) is 4.79 Å². The Bertz CT molecular complexity index is 411. The van der Waals surface area contributed by atoms with Gasteiger partial charge in [-0.25, -0.2) is 4.79 Å². The lowest BCUT2D eigenvalue weighted by atomic mass is 10.1. The van der Waals surface area contributed by atoms with Crippen LogP contribution >= 0.6 is 0 Å². The quantitative estimate of drug-likeness (QED) is 0.312. The average molecular weight is 246 g/mol. The number of esters is 1. The van der Waals surface area contributed by atoms with E-state index in [1.54, 1.807) is 19.1 Å². The van der Waals surface area contributed by atoms with E-state index in [0.29, 0.717) is 6.42 Å². The fourth-order valence-corrected chi connectivity index (χ4v) is 0.956. The number of carbonyl (C=O) groups is 1. The molecule has 0 unspecified atom stereocenters. The molecule has 0 N–H and O–H groups in total. The Kier molecular flexibility index (Phi) is 7.90. The second kappa shape index (κ2) is 8.96. The molecular weight excluding hydrogens is 228 g/mol. The Morgan fingerprint density at radius 2 is 2.11 bits per heavy atom. The molecule has 0 atom stereocenters. The molecule has 0 aromatic carbocycles. The molecule has 0 aliphatic carbocycles. The summed E-state index contributed by atoms with van der Waals surface area (Å²) in [5.74, 6) is 4.43. The van der Waals surface area contributed by atoms with Gasteiger partial charge in [-0.3, -0.25) is 0 Å². The molecule has 0 spiro atoms. The van der Waals surface area contributed by atoms with Crippen molar-refractivity contribution in [3.63, 3.8) is 0 Å². The summed E-state index contributed by atoms with van der Waals surface area (Å²) >= 11 is 0. The number of terminal acetylenes is 1. The molecule has 0 aliphatic heterocycles. The molecular formula is C15H18O3. The zero-order valence-corrected chi connectivity index (χ0v) is 11.0. The van der Waals surface area contributed by atoms with Crippen LogP contribution < -0.4 is 0 Å². The Labute approximate surface area is 109 Å². The number of rotatable bonds is 6. The van der Waals surface area contributed by atoms with Crippen LogP contribution in [0.1, 0.15) is 27.2 Å². The first-order chi connectivity index (χ1) is 8.52. The summed E-state index contributed by atoms with van der Waals surface area (Å²) in [5.41, 5.74) is -0.350. The number of hydrogen-bond acceptors (Lipinski definition) is 3. The number of hydrogen-bond donors (Lipinski definition) is 0. The lowest BCUT2D eigenvalue weighted by Crippen LogP contribution is -2.20. The van der Waals surface area contributed by atoms with Crippen LogP contribution in [-0.2, 0) is 14.3 Å². The van der Waals surface area contributed by atoms with Crippen molar-refractivity contribution in [2.24, 2.45) is 0 Å². The lowest BCUT2D eigenvalue weighted by molar-refractivity contribution is -0.136. The maximum atomic E-state index is 11.0. The van der Waals surface area contributed by atoms with Crippen LogP contribution in [0, 0.1) is 24.4 Å². The van der Waals surface area contributed by atoms with Crippen LogP contribution in [-0.4, -0.2) is 18.2 Å². The molecule has 0 fully saturated rings. The number of allylic oxidation sites excluding steroid dienone is 2.